The fourth-order valence-corrected chi connectivity index (χ4v) is 2.96. The Morgan fingerprint density at radius 2 is 2.10 bits per heavy atom. The van der Waals surface area contributed by atoms with Crippen LogP contribution in [0.5, 0.6) is 5.75 Å². The molecule has 110 valence electrons. The number of nitrogens with zero attached hydrogens (tertiary/aromatic N) is 1. The average molecular weight is 276 g/mol. The molecule has 0 aromatic heterocycles. The predicted octanol–water partition coefficient (Wildman–Crippen LogP) is 1.30. The minimum Gasteiger partial charge on any atom is -0.488 e. The number of para-hydroxylation sites is 1. The third kappa shape index (κ3) is 3.32. The SMILES string of the molecule is CCN1CCOC(CNCC2Cc3ccccc3O2)C1. The van der Waals surface area contributed by atoms with Gasteiger partial charge in [-0.1, -0.05) is 25.1 Å². The van der Waals surface area contributed by atoms with Gasteiger partial charge >= 0.3 is 0 Å². The summed E-state index contributed by atoms with van der Waals surface area (Å²) in [6.07, 6.45) is 1.58. The smallest absolute Gasteiger partial charge is 0.123 e. The van der Waals surface area contributed by atoms with Crippen LogP contribution in [0.25, 0.3) is 0 Å². The minimum absolute atomic E-state index is 0.262. The van der Waals surface area contributed by atoms with Gasteiger partial charge < -0.3 is 14.8 Å². The van der Waals surface area contributed by atoms with E-state index in [9.17, 15) is 0 Å². The van der Waals surface area contributed by atoms with Crippen LogP contribution in [0, 0.1) is 0 Å². The van der Waals surface area contributed by atoms with Gasteiger partial charge in [-0.05, 0) is 18.2 Å². The maximum absolute atomic E-state index is 5.92. The highest BCUT2D eigenvalue weighted by atomic mass is 16.5. The lowest BCUT2D eigenvalue weighted by Crippen LogP contribution is -2.47. The van der Waals surface area contributed by atoms with Gasteiger partial charge in [0.15, 0.2) is 0 Å². The molecule has 0 bridgehead atoms. The molecular weight excluding hydrogens is 252 g/mol. The molecule has 3 rings (SSSR count). The molecule has 2 aliphatic rings. The molecule has 2 unspecified atom stereocenters. The van der Waals surface area contributed by atoms with E-state index in [1.54, 1.807) is 0 Å². The first-order chi connectivity index (χ1) is 9.85. The number of rotatable bonds is 5. The second-order valence-electron chi connectivity index (χ2n) is 5.60. The first-order valence-electron chi connectivity index (χ1n) is 7.64. The van der Waals surface area contributed by atoms with Gasteiger partial charge in [0.1, 0.15) is 11.9 Å². The molecular formula is C16H24N2O2. The fourth-order valence-electron chi connectivity index (χ4n) is 2.96. The number of hydrogen-bond donors (Lipinski definition) is 1. The number of likely N-dealkylation sites (N-methyl/N-ethyl adjacent to an activating group) is 1. The minimum atomic E-state index is 0.262. The third-order valence-corrected chi connectivity index (χ3v) is 4.13. The van der Waals surface area contributed by atoms with Gasteiger partial charge in [0.25, 0.3) is 0 Å². The quantitative estimate of drug-likeness (QED) is 0.879. The highest BCUT2D eigenvalue weighted by molar-refractivity contribution is 5.37. The fraction of sp³-hybridized carbons (Fsp3) is 0.625. The van der Waals surface area contributed by atoms with Crippen molar-refractivity contribution in [2.75, 3.05) is 39.3 Å². The van der Waals surface area contributed by atoms with E-state index in [1.165, 1.54) is 5.56 Å². The molecule has 0 radical (unpaired) electrons. The van der Waals surface area contributed by atoms with Crippen molar-refractivity contribution in [2.24, 2.45) is 0 Å². The van der Waals surface area contributed by atoms with E-state index in [2.05, 4.69) is 35.3 Å². The molecule has 0 spiro atoms. The van der Waals surface area contributed by atoms with Gasteiger partial charge in [0.2, 0.25) is 0 Å². The second kappa shape index (κ2) is 6.57. The van der Waals surface area contributed by atoms with Crippen molar-refractivity contribution in [2.45, 2.75) is 25.6 Å². The van der Waals surface area contributed by atoms with Crippen LogP contribution in [0.15, 0.2) is 24.3 Å². The molecule has 1 N–H and O–H groups in total. The van der Waals surface area contributed by atoms with E-state index >= 15 is 0 Å². The third-order valence-electron chi connectivity index (χ3n) is 4.13. The Hall–Kier alpha value is -1.10. The maximum Gasteiger partial charge on any atom is 0.123 e. The molecule has 1 aromatic carbocycles. The lowest BCUT2D eigenvalue weighted by Gasteiger charge is -2.32. The zero-order valence-corrected chi connectivity index (χ0v) is 12.2. The summed E-state index contributed by atoms with van der Waals surface area (Å²) in [6.45, 7) is 8.07. The standard InChI is InChI=1S/C16H24N2O2/c1-2-18-7-8-19-15(12-18)11-17-10-14-9-13-5-3-4-6-16(13)20-14/h3-6,14-15,17H,2,7-12H2,1H3. The van der Waals surface area contributed by atoms with Crippen LogP contribution in [-0.2, 0) is 11.2 Å². The van der Waals surface area contributed by atoms with Crippen molar-refractivity contribution in [3.63, 3.8) is 0 Å². The molecule has 1 saturated heterocycles. The summed E-state index contributed by atoms with van der Waals surface area (Å²) in [7, 11) is 0. The van der Waals surface area contributed by atoms with E-state index in [0.29, 0.717) is 6.10 Å². The lowest BCUT2D eigenvalue weighted by atomic mass is 10.1. The number of benzene rings is 1. The van der Waals surface area contributed by atoms with Crippen LogP contribution in [0.3, 0.4) is 0 Å². The number of ether oxygens (including phenoxy) is 2. The molecule has 0 saturated carbocycles. The summed E-state index contributed by atoms with van der Waals surface area (Å²) >= 11 is 0. The Labute approximate surface area is 121 Å². The number of nitrogens with one attached hydrogen (secondary N) is 1. The summed E-state index contributed by atoms with van der Waals surface area (Å²) < 4.78 is 11.7. The Morgan fingerprint density at radius 3 is 2.95 bits per heavy atom. The van der Waals surface area contributed by atoms with E-state index in [-0.39, 0.29) is 6.10 Å². The molecule has 2 aliphatic heterocycles. The molecule has 20 heavy (non-hydrogen) atoms. The summed E-state index contributed by atoms with van der Waals surface area (Å²) in [5, 5.41) is 3.50. The largest absolute Gasteiger partial charge is 0.488 e. The van der Waals surface area contributed by atoms with Crippen molar-refractivity contribution in [3.8, 4) is 5.75 Å². The van der Waals surface area contributed by atoms with Crippen LogP contribution in [0.4, 0.5) is 0 Å². The summed E-state index contributed by atoms with van der Waals surface area (Å²) in [5.74, 6) is 1.05. The van der Waals surface area contributed by atoms with Crippen LogP contribution in [0.2, 0.25) is 0 Å². The summed E-state index contributed by atoms with van der Waals surface area (Å²) in [6, 6.07) is 8.31. The van der Waals surface area contributed by atoms with Crippen molar-refractivity contribution in [1.29, 1.82) is 0 Å². The van der Waals surface area contributed by atoms with Crippen LogP contribution in [0.1, 0.15) is 12.5 Å². The first kappa shape index (κ1) is 13.9. The molecule has 4 heteroatoms. The zero-order chi connectivity index (χ0) is 13.8. The van der Waals surface area contributed by atoms with Crippen LogP contribution in [-0.4, -0.2) is 56.4 Å². The summed E-state index contributed by atoms with van der Waals surface area (Å²) in [4.78, 5) is 2.44. The molecule has 2 atom stereocenters. The van der Waals surface area contributed by atoms with Crippen molar-refractivity contribution >= 4 is 0 Å². The number of hydrogen-bond acceptors (Lipinski definition) is 4. The topological polar surface area (TPSA) is 33.7 Å². The van der Waals surface area contributed by atoms with Crippen LogP contribution >= 0.6 is 0 Å². The van der Waals surface area contributed by atoms with Gasteiger partial charge in [0, 0.05) is 32.6 Å². The Kier molecular flexibility index (Phi) is 4.55. The first-order valence-corrected chi connectivity index (χ1v) is 7.64. The van der Waals surface area contributed by atoms with Crippen molar-refractivity contribution in [1.82, 2.24) is 10.2 Å². The Balaban J connectivity index is 1.39. The molecule has 4 nitrogen and oxygen atoms in total. The van der Waals surface area contributed by atoms with E-state index in [1.807, 2.05) is 6.07 Å². The zero-order valence-electron chi connectivity index (χ0n) is 12.2. The van der Waals surface area contributed by atoms with E-state index < -0.39 is 0 Å². The highest BCUT2D eigenvalue weighted by Crippen LogP contribution is 2.27. The van der Waals surface area contributed by atoms with Crippen molar-refractivity contribution in [3.05, 3.63) is 29.8 Å². The Morgan fingerprint density at radius 1 is 1.25 bits per heavy atom. The molecule has 1 fully saturated rings. The number of morpholine rings is 1. The molecule has 1 aromatic rings. The summed E-state index contributed by atoms with van der Waals surface area (Å²) in [5.41, 5.74) is 1.32. The number of fused-ring (bicyclic) bond motifs is 1. The predicted molar refractivity (Wildman–Crippen MR) is 79.3 cm³/mol. The van der Waals surface area contributed by atoms with Gasteiger partial charge in [-0.15, -0.1) is 0 Å². The van der Waals surface area contributed by atoms with E-state index in [4.69, 9.17) is 9.47 Å². The van der Waals surface area contributed by atoms with Gasteiger partial charge in [-0.2, -0.15) is 0 Å². The Bertz CT molecular complexity index is 413. The monoisotopic (exact) mass is 276 g/mol. The van der Waals surface area contributed by atoms with E-state index in [0.717, 1.165) is 51.5 Å². The molecule has 2 heterocycles. The molecule has 0 amide bonds. The van der Waals surface area contributed by atoms with Crippen LogP contribution < -0.4 is 10.1 Å². The highest BCUT2D eigenvalue weighted by Gasteiger charge is 2.23. The normalized spacial score (nSPS) is 26.2. The maximum atomic E-state index is 5.92. The van der Waals surface area contributed by atoms with Gasteiger partial charge in [-0.3, -0.25) is 4.90 Å². The average Bonchev–Trinajstić information content (AvgIpc) is 2.90. The van der Waals surface area contributed by atoms with Gasteiger partial charge in [-0.25, -0.2) is 0 Å². The second-order valence-corrected chi connectivity index (χ2v) is 5.60. The lowest BCUT2D eigenvalue weighted by molar-refractivity contribution is -0.0258. The van der Waals surface area contributed by atoms with Crippen molar-refractivity contribution < 1.29 is 9.47 Å². The van der Waals surface area contributed by atoms with Gasteiger partial charge in [0.05, 0.1) is 12.7 Å². The molecule has 0 aliphatic carbocycles.